The molecule has 0 bridgehead atoms. The van der Waals surface area contributed by atoms with Crippen molar-refractivity contribution in [2.45, 2.75) is 12.6 Å². The lowest BCUT2D eigenvalue weighted by Crippen LogP contribution is -2.08. The minimum absolute atomic E-state index is 0.292. The molecule has 0 radical (unpaired) electrons. The first-order chi connectivity index (χ1) is 6.32. The summed E-state index contributed by atoms with van der Waals surface area (Å²) in [6.45, 7) is 0. The smallest absolute Gasteiger partial charge is 0.243 e. The van der Waals surface area contributed by atoms with Gasteiger partial charge in [-0.1, -0.05) is 11.6 Å². The zero-order chi connectivity index (χ0) is 10.9. The third kappa shape index (κ3) is 2.31. The van der Waals surface area contributed by atoms with Gasteiger partial charge in [0.25, 0.3) is 6.43 Å². The first kappa shape index (κ1) is 11.2. The number of nitrogens with zero attached hydrogens (tertiary/aromatic N) is 1. The van der Waals surface area contributed by atoms with E-state index in [4.69, 9.17) is 11.6 Å². The Labute approximate surface area is 80.5 Å². The fourth-order valence-corrected chi connectivity index (χ4v) is 0.993. The minimum Gasteiger partial charge on any atom is -0.243 e. The van der Waals surface area contributed by atoms with Crippen LogP contribution in [0.1, 0.15) is 17.6 Å². The highest BCUT2D eigenvalue weighted by atomic mass is 35.5. The lowest BCUT2D eigenvalue weighted by atomic mass is 10.2. The number of rotatable bonds is 1. The second kappa shape index (κ2) is 3.68. The molecule has 0 fully saturated rings. The van der Waals surface area contributed by atoms with E-state index in [0.717, 1.165) is 0 Å². The van der Waals surface area contributed by atoms with E-state index >= 15 is 0 Å². The molecule has 0 aliphatic heterocycles. The normalized spacial score (nSPS) is 12.2. The fourth-order valence-electron chi connectivity index (χ4n) is 0.782. The number of pyridine rings is 1. The summed E-state index contributed by atoms with van der Waals surface area (Å²) in [6, 6.07) is 0.292. The van der Waals surface area contributed by atoms with Crippen molar-refractivity contribution in [1.29, 1.82) is 0 Å². The summed E-state index contributed by atoms with van der Waals surface area (Å²) in [6.07, 6.45) is -7.15. The Morgan fingerprint density at radius 2 is 1.86 bits per heavy atom. The van der Waals surface area contributed by atoms with Crippen LogP contribution in [0, 0.1) is 0 Å². The van der Waals surface area contributed by atoms with Crippen molar-refractivity contribution in [1.82, 2.24) is 4.98 Å². The van der Waals surface area contributed by atoms with Gasteiger partial charge in [-0.25, -0.2) is 13.8 Å². The molecule has 0 unspecified atom stereocenters. The van der Waals surface area contributed by atoms with Gasteiger partial charge in [0.15, 0.2) is 0 Å². The van der Waals surface area contributed by atoms with Crippen molar-refractivity contribution in [2.75, 3.05) is 0 Å². The largest absolute Gasteiger partial charge is 0.419 e. The van der Waals surface area contributed by atoms with E-state index in [0.29, 0.717) is 12.3 Å². The van der Waals surface area contributed by atoms with Crippen LogP contribution < -0.4 is 0 Å². The molecule has 0 aromatic carbocycles. The van der Waals surface area contributed by atoms with Gasteiger partial charge in [0.2, 0.25) is 0 Å². The molecule has 0 amide bonds. The molecule has 0 N–H and O–H groups in total. The van der Waals surface area contributed by atoms with E-state index in [9.17, 15) is 22.0 Å². The molecule has 1 heterocycles. The SMILES string of the molecule is FC(F)c1cnc(Cl)c(C(F)(F)F)c1. The van der Waals surface area contributed by atoms with Crippen molar-refractivity contribution in [3.8, 4) is 0 Å². The van der Waals surface area contributed by atoms with Gasteiger partial charge in [-0.3, -0.25) is 0 Å². The van der Waals surface area contributed by atoms with E-state index in [-0.39, 0.29) is 0 Å². The summed E-state index contributed by atoms with van der Waals surface area (Å²) in [7, 11) is 0. The number of hydrogen-bond donors (Lipinski definition) is 0. The Morgan fingerprint density at radius 3 is 2.29 bits per heavy atom. The Hall–Kier alpha value is -0.910. The predicted molar refractivity (Wildman–Crippen MR) is 39.2 cm³/mol. The first-order valence-electron chi connectivity index (χ1n) is 3.33. The van der Waals surface area contributed by atoms with E-state index in [1.807, 2.05) is 0 Å². The Balaban J connectivity index is 3.22. The number of hydrogen-bond acceptors (Lipinski definition) is 1. The quantitative estimate of drug-likeness (QED) is 0.531. The summed E-state index contributed by atoms with van der Waals surface area (Å²) in [5.41, 5.74) is -2.15. The van der Waals surface area contributed by atoms with Crippen LogP contribution in [-0.4, -0.2) is 4.98 Å². The van der Waals surface area contributed by atoms with E-state index in [2.05, 4.69) is 4.98 Å². The topological polar surface area (TPSA) is 12.9 Å². The van der Waals surface area contributed by atoms with Gasteiger partial charge in [-0.2, -0.15) is 13.2 Å². The Morgan fingerprint density at radius 1 is 1.29 bits per heavy atom. The molecule has 7 heteroatoms. The van der Waals surface area contributed by atoms with Crippen molar-refractivity contribution in [3.05, 3.63) is 28.5 Å². The summed E-state index contributed by atoms with van der Waals surface area (Å²) >= 11 is 5.11. The Kier molecular flexibility index (Phi) is 2.94. The van der Waals surface area contributed by atoms with Gasteiger partial charge in [-0.05, 0) is 6.07 Å². The molecular weight excluding hydrogens is 229 g/mol. The molecule has 0 saturated carbocycles. The van der Waals surface area contributed by atoms with Gasteiger partial charge in [0.1, 0.15) is 5.15 Å². The number of aromatic nitrogens is 1. The average Bonchev–Trinajstić information content (AvgIpc) is 2.02. The first-order valence-corrected chi connectivity index (χ1v) is 3.71. The third-order valence-corrected chi connectivity index (χ3v) is 1.72. The van der Waals surface area contributed by atoms with Crippen molar-refractivity contribution >= 4 is 11.6 Å². The predicted octanol–water partition coefficient (Wildman–Crippen LogP) is 3.69. The highest BCUT2D eigenvalue weighted by molar-refractivity contribution is 6.30. The summed E-state index contributed by atoms with van der Waals surface area (Å²) in [5, 5.41) is -0.832. The van der Waals surface area contributed by atoms with Crippen LogP contribution in [-0.2, 0) is 6.18 Å². The van der Waals surface area contributed by atoms with Gasteiger partial charge >= 0.3 is 6.18 Å². The molecule has 1 aromatic heterocycles. The number of halogens is 6. The van der Waals surface area contributed by atoms with Gasteiger partial charge < -0.3 is 0 Å². The monoisotopic (exact) mass is 231 g/mol. The average molecular weight is 232 g/mol. The molecule has 0 spiro atoms. The molecule has 1 rings (SSSR count). The maximum atomic E-state index is 12.1. The van der Waals surface area contributed by atoms with E-state index in [1.165, 1.54) is 0 Å². The van der Waals surface area contributed by atoms with Crippen LogP contribution in [0.2, 0.25) is 5.15 Å². The van der Waals surface area contributed by atoms with Crippen molar-refractivity contribution in [3.63, 3.8) is 0 Å². The molecule has 1 nitrogen and oxygen atoms in total. The zero-order valence-electron chi connectivity index (χ0n) is 6.45. The number of alkyl halides is 5. The Bertz CT molecular complexity index is 335. The zero-order valence-corrected chi connectivity index (χ0v) is 7.20. The van der Waals surface area contributed by atoms with Crippen LogP contribution in [0.4, 0.5) is 22.0 Å². The van der Waals surface area contributed by atoms with Crippen LogP contribution in [0.5, 0.6) is 0 Å². The molecule has 1 aromatic rings. The lowest BCUT2D eigenvalue weighted by molar-refractivity contribution is -0.137. The van der Waals surface area contributed by atoms with Crippen molar-refractivity contribution < 1.29 is 22.0 Å². The van der Waals surface area contributed by atoms with Gasteiger partial charge in [0, 0.05) is 11.8 Å². The molecule has 0 atom stereocenters. The van der Waals surface area contributed by atoms with Crippen LogP contribution in [0.25, 0.3) is 0 Å². The van der Waals surface area contributed by atoms with E-state index in [1.54, 1.807) is 0 Å². The van der Waals surface area contributed by atoms with Crippen LogP contribution >= 0.6 is 11.6 Å². The highest BCUT2D eigenvalue weighted by Gasteiger charge is 2.34. The summed E-state index contributed by atoms with van der Waals surface area (Å²) in [5.74, 6) is 0. The molecule has 0 saturated heterocycles. The molecule has 0 aliphatic carbocycles. The highest BCUT2D eigenvalue weighted by Crippen LogP contribution is 2.35. The van der Waals surface area contributed by atoms with Crippen molar-refractivity contribution in [2.24, 2.45) is 0 Å². The fraction of sp³-hybridized carbons (Fsp3) is 0.286. The maximum Gasteiger partial charge on any atom is 0.419 e. The van der Waals surface area contributed by atoms with E-state index < -0.39 is 28.9 Å². The van der Waals surface area contributed by atoms with Crippen LogP contribution in [0.3, 0.4) is 0 Å². The van der Waals surface area contributed by atoms with Gasteiger partial charge in [-0.15, -0.1) is 0 Å². The standard InChI is InChI=1S/C7H3ClF5N/c8-5-4(7(11,12)13)1-3(2-14-5)6(9)10/h1-2,6H. The molecule has 78 valence electrons. The van der Waals surface area contributed by atoms with Crippen LogP contribution in [0.15, 0.2) is 12.3 Å². The second-order valence-corrected chi connectivity index (χ2v) is 2.76. The van der Waals surface area contributed by atoms with Gasteiger partial charge in [0.05, 0.1) is 5.56 Å². The summed E-state index contributed by atoms with van der Waals surface area (Å²) < 4.78 is 60.4. The summed E-state index contributed by atoms with van der Waals surface area (Å²) in [4.78, 5) is 3.03. The minimum atomic E-state index is -4.77. The lowest BCUT2D eigenvalue weighted by Gasteiger charge is -2.09. The second-order valence-electron chi connectivity index (χ2n) is 2.41. The maximum absolute atomic E-state index is 12.1. The molecular formula is C7H3ClF5N. The molecule has 0 aliphatic rings. The third-order valence-electron chi connectivity index (χ3n) is 1.42. The molecule has 14 heavy (non-hydrogen) atoms.